The van der Waals surface area contributed by atoms with Gasteiger partial charge < -0.3 is 10.4 Å². The summed E-state index contributed by atoms with van der Waals surface area (Å²) < 4.78 is 2.51. The van der Waals surface area contributed by atoms with Crippen molar-refractivity contribution in [1.82, 2.24) is 34.9 Å². The molecule has 3 aromatic heterocycles. The molecule has 2 atom stereocenters. The maximum atomic E-state index is 12.6. The average Bonchev–Trinajstić information content (AvgIpc) is 3.47. The number of nitrogens with one attached hydrogen (secondary N) is 1. The molecule has 37 heavy (non-hydrogen) atoms. The number of benzene rings is 1. The second kappa shape index (κ2) is 10.9. The monoisotopic (exact) mass is 565 g/mol. The van der Waals surface area contributed by atoms with Crippen molar-refractivity contribution in [2.75, 3.05) is 26.7 Å². The van der Waals surface area contributed by atoms with E-state index in [0.717, 1.165) is 52.7 Å². The number of carbonyl (C=O) groups is 2. The van der Waals surface area contributed by atoms with Gasteiger partial charge in [0.25, 0.3) is 0 Å². The third-order valence-electron chi connectivity index (χ3n) is 6.84. The van der Waals surface area contributed by atoms with Crippen molar-refractivity contribution in [3.05, 3.63) is 53.2 Å². The van der Waals surface area contributed by atoms with Crippen LogP contribution in [-0.4, -0.2) is 73.3 Å². The van der Waals surface area contributed by atoms with E-state index in [9.17, 15) is 9.59 Å². The lowest BCUT2D eigenvalue weighted by Gasteiger charge is -2.16. The Hall–Kier alpha value is -3.44. The topological polar surface area (TPSA) is 126 Å². The van der Waals surface area contributed by atoms with Gasteiger partial charge >= 0.3 is 5.97 Å². The number of fused-ring (bicyclic) bond motifs is 2. The molecule has 11 heteroatoms. The van der Waals surface area contributed by atoms with E-state index in [1.165, 1.54) is 0 Å². The van der Waals surface area contributed by atoms with Gasteiger partial charge in [0, 0.05) is 43.2 Å². The van der Waals surface area contributed by atoms with Crippen LogP contribution in [0, 0.1) is 11.8 Å². The summed E-state index contributed by atoms with van der Waals surface area (Å²) in [5.74, 6) is 0.192. The molecule has 1 saturated carbocycles. The molecule has 5 rings (SSSR count). The summed E-state index contributed by atoms with van der Waals surface area (Å²) in [4.78, 5) is 38.9. The molecular formula is C26H28BrN7O3. The van der Waals surface area contributed by atoms with E-state index in [-0.39, 0.29) is 18.4 Å². The Morgan fingerprint density at radius 1 is 1.24 bits per heavy atom. The molecule has 0 radical (unpaired) electrons. The average molecular weight is 566 g/mol. The third kappa shape index (κ3) is 5.78. The van der Waals surface area contributed by atoms with Crippen LogP contribution in [0.4, 0.5) is 0 Å². The fraction of sp³-hybridized carbons (Fsp3) is 0.385. The maximum Gasteiger partial charge on any atom is 0.317 e. The van der Waals surface area contributed by atoms with E-state index in [1.807, 2.05) is 35.0 Å². The molecule has 0 aliphatic heterocycles. The standard InChI is InChI=1S/C26H28BrN7O3/c1-33(15-23(35)36)10-9-29-26(37)18-5-4-16(11-18)12-22-30-14-20-24(27)32-34(25(20)31-22)19-6-7-21-17(13-19)3-2-8-28-21/h2-3,6-8,13-14,16,18H,4-5,9-12,15H2,1H3,(H,29,37)(H,35,36)/t16-,18-/m1/s1. The first kappa shape index (κ1) is 25.2. The van der Waals surface area contributed by atoms with Crippen molar-refractivity contribution in [3.63, 3.8) is 0 Å². The van der Waals surface area contributed by atoms with Gasteiger partial charge in [0.05, 0.1) is 23.1 Å². The number of nitrogens with zero attached hydrogens (tertiary/aromatic N) is 6. The number of pyridine rings is 1. The predicted octanol–water partition coefficient (Wildman–Crippen LogP) is 3.22. The molecule has 4 aromatic rings. The summed E-state index contributed by atoms with van der Waals surface area (Å²) >= 11 is 3.54. The largest absolute Gasteiger partial charge is 0.480 e. The van der Waals surface area contributed by atoms with Crippen molar-refractivity contribution in [2.45, 2.75) is 25.7 Å². The molecule has 1 aliphatic carbocycles. The Balaban J connectivity index is 1.25. The van der Waals surface area contributed by atoms with Crippen LogP contribution in [-0.2, 0) is 16.0 Å². The van der Waals surface area contributed by atoms with Crippen LogP contribution in [0.1, 0.15) is 25.1 Å². The number of rotatable bonds is 9. The van der Waals surface area contributed by atoms with Gasteiger partial charge in [-0.2, -0.15) is 5.10 Å². The highest BCUT2D eigenvalue weighted by molar-refractivity contribution is 9.10. The zero-order chi connectivity index (χ0) is 25.9. The molecule has 3 heterocycles. The lowest BCUT2D eigenvalue weighted by Crippen LogP contribution is -2.37. The highest BCUT2D eigenvalue weighted by atomic mass is 79.9. The van der Waals surface area contributed by atoms with Gasteiger partial charge in [0.15, 0.2) is 5.65 Å². The SMILES string of the molecule is CN(CCNC(=O)[C@@H]1CC[C@@H](Cc2ncc3c(Br)nn(-c4ccc5ncccc5c4)c3n2)C1)CC(=O)O. The molecule has 0 spiro atoms. The van der Waals surface area contributed by atoms with Gasteiger partial charge in [0.2, 0.25) is 5.91 Å². The predicted molar refractivity (Wildman–Crippen MR) is 142 cm³/mol. The number of hydrogen-bond donors (Lipinski definition) is 2. The van der Waals surface area contributed by atoms with Gasteiger partial charge in [0.1, 0.15) is 10.4 Å². The first-order valence-corrected chi connectivity index (χ1v) is 13.1. The minimum absolute atomic E-state index is 0.0374. The van der Waals surface area contributed by atoms with Gasteiger partial charge in [-0.1, -0.05) is 6.07 Å². The third-order valence-corrected chi connectivity index (χ3v) is 7.43. The number of amides is 1. The number of carbonyl (C=O) groups excluding carboxylic acids is 1. The molecule has 192 valence electrons. The van der Waals surface area contributed by atoms with Gasteiger partial charge in [-0.3, -0.25) is 19.5 Å². The summed E-state index contributed by atoms with van der Waals surface area (Å²) in [5, 5.41) is 18.3. The number of hydrogen-bond acceptors (Lipinski definition) is 7. The summed E-state index contributed by atoms with van der Waals surface area (Å²) in [5.41, 5.74) is 2.55. The normalized spacial score (nSPS) is 17.6. The van der Waals surface area contributed by atoms with E-state index < -0.39 is 5.97 Å². The van der Waals surface area contributed by atoms with Crippen LogP contribution >= 0.6 is 15.9 Å². The van der Waals surface area contributed by atoms with Crippen molar-refractivity contribution >= 4 is 49.7 Å². The molecule has 0 saturated heterocycles. The van der Waals surface area contributed by atoms with E-state index in [4.69, 9.17) is 10.1 Å². The fourth-order valence-corrected chi connectivity index (χ4v) is 5.40. The van der Waals surface area contributed by atoms with Crippen molar-refractivity contribution in [2.24, 2.45) is 11.8 Å². The number of aromatic nitrogens is 5. The molecule has 1 amide bonds. The molecule has 10 nitrogen and oxygen atoms in total. The molecular weight excluding hydrogens is 538 g/mol. The van der Waals surface area contributed by atoms with Gasteiger partial charge in [-0.05, 0) is 72.4 Å². The Bertz CT molecular complexity index is 1460. The number of likely N-dealkylation sites (N-methyl/N-ethyl adjacent to an activating group) is 1. The zero-order valence-electron chi connectivity index (χ0n) is 20.5. The van der Waals surface area contributed by atoms with Crippen molar-refractivity contribution in [1.29, 1.82) is 0 Å². The molecule has 1 aromatic carbocycles. The number of carboxylic acid groups (broad SMARTS) is 1. The summed E-state index contributed by atoms with van der Waals surface area (Å²) in [6.45, 7) is 0.894. The van der Waals surface area contributed by atoms with Gasteiger partial charge in [-0.25, -0.2) is 14.6 Å². The molecule has 0 unspecified atom stereocenters. The molecule has 1 aliphatic rings. The quantitative estimate of drug-likeness (QED) is 0.317. The Morgan fingerprint density at radius 2 is 2.11 bits per heavy atom. The second-order valence-electron chi connectivity index (χ2n) is 9.61. The first-order valence-electron chi connectivity index (χ1n) is 12.3. The van der Waals surface area contributed by atoms with Gasteiger partial charge in [-0.15, -0.1) is 0 Å². The van der Waals surface area contributed by atoms with E-state index >= 15 is 0 Å². The first-order chi connectivity index (χ1) is 17.9. The van der Waals surface area contributed by atoms with Crippen LogP contribution in [0.2, 0.25) is 0 Å². The zero-order valence-corrected chi connectivity index (χ0v) is 22.1. The highest BCUT2D eigenvalue weighted by Crippen LogP contribution is 2.33. The molecule has 2 N–H and O–H groups in total. The Labute approximate surface area is 222 Å². The van der Waals surface area contributed by atoms with Crippen LogP contribution in [0.3, 0.4) is 0 Å². The summed E-state index contributed by atoms with van der Waals surface area (Å²) in [7, 11) is 1.73. The Morgan fingerprint density at radius 3 is 2.95 bits per heavy atom. The maximum absolute atomic E-state index is 12.6. The minimum atomic E-state index is -0.877. The summed E-state index contributed by atoms with van der Waals surface area (Å²) in [6, 6.07) is 9.94. The van der Waals surface area contributed by atoms with E-state index in [0.29, 0.717) is 30.0 Å². The van der Waals surface area contributed by atoms with Crippen LogP contribution in [0.5, 0.6) is 0 Å². The smallest absolute Gasteiger partial charge is 0.317 e. The van der Waals surface area contributed by atoms with Crippen molar-refractivity contribution < 1.29 is 14.7 Å². The molecule has 0 bridgehead atoms. The summed E-state index contributed by atoms with van der Waals surface area (Å²) in [6.07, 6.45) is 6.85. The molecule has 1 fully saturated rings. The van der Waals surface area contributed by atoms with Crippen LogP contribution in [0.25, 0.3) is 27.6 Å². The number of carboxylic acids is 1. The van der Waals surface area contributed by atoms with Crippen LogP contribution < -0.4 is 5.32 Å². The second-order valence-corrected chi connectivity index (χ2v) is 10.4. The highest BCUT2D eigenvalue weighted by Gasteiger charge is 2.30. The van der Waals surface area contributed by atoms with Crippen LogP contribution in [0.15, 0.2) is 47.3 Å². The number of halogens is 1. The minimum Gasteiger partial charge on any atom is -0.480 e. The fourth-order valence-electron chi connectivity index (χ4n) is 4.96. The van der Waals surface area contributed by atoms with Crippen molar-refractivity contribution in [3.8, 4) is 5.69 Å². The van der Waals surface area contributed by atoms with E-state index in [2.05, 4.69) is 36.3 Å². The lowest BCUT2D eigenvalue weighted by atomic mass is 10.0. The van der Waals surface area contributed by atoms with E-state index in [1.54, 1.807) is 24.3 Å². The number of aliphatic carboxylic acids is 1. The lowest BCUT2D eigenvalue weighted by molar-refractivity contribution is -0.137. The Kier molecular flexibility index (Phi) is 7.43.